The standard InChI is InChI=1S/C34H36FN5O4/c35-30-21-27(11-13-31(30)39-16-15-28(22-39)38-17-19-40(20-18-38)44-34(36)41)29-12-14-32(42-23-25-7-3-1-4-8-25)37-33(29)43-24-26-9-5-2-6-10-26/h1-14,21,28H,15-20,22-24H2,(H2,36,41). The number of hydroxylamine groups is 2. The van der Waals surface area contributed by atoms with Gasteiger partial charge in [-0.15, -0.1) is 5.06 Å². The van der Waals surface area contributed by atoms with E-state index in [1.165, 1.54) is 0 Å². The van der Waals surface area contributed by atoms with Crippen molar-refractivity contribution in [2.75, 3.05) is 44.2 Å². The highest BCUT2D eigenvalue weighted by atomic mass is 19.1. The summed E-state index contributed by atoms with van der Waals surface area (Å²) in [6, 6.07) is 29.0. The number of ether oxygens (including phenoxy) is 2. The molecule has 1 amide bonds. The number of carbonyl (C=O) groups excluding carboxylic acids is 1. The maximum absolute atomic E-state index is 15.7. The van der Waals surface area contributed by atoms with Crippen molar-refractivity contribution in [3.8, 4) is 22.9 Å². The number of primary amides is 1. The zero-order valence-electron chi connectivity index (χ0n) is 24.5. The second-order valence-corrected chi connectivity index (χ2v) is 11.0. The fraction of sp³-hybridized carbons (Fsp3) is 0.294. The van der Waals surface area contributed by atoms with Crippen molar-refractivity contribution in [1.29, 1.82) is 0 Å². The van der Waals surface area contributed by atoms with Crippen LogP contribution in [0.25, 0.3) is 11.1 Å². The molecular formula is C34H36FN5O4. The van der Waals surface area contributed by atoms with Gasteiger partial charge in [0.25, 0.3) is 0 Å². The number of benzene rings is 3. The third-order valence-electron chi connectivity index (χ3n) is 8.05. The molecule has 4 aromatic rings. The number of hydrogen-bond acceptors (Lipinski definition) is 8. The molecule has 3 aromatic carbocycles. The summed E-state index contributed by atoms with van der Waals surface area (Å²) in [5, 5.41) is 1.60. The van der Waals surface area contributed by atoms with Crippen molar-refractivity contribution in [2.24, 2.45) is 5.73 Å². The Bertz CT molecular complexity index is 1550. The third kappa shape index (κ3) is 7.27. The molecule has 2 aliphatic rings. The van der Waals surface area contributed by atoms with Crippen LogP contribution in [-0.2, 0) is 18.1 Å². The first-order valence-electron chi connectivity index (χ1n) is 14.9. The molecule has 1 aromatic heterocycles. The molecule has 2 fully saturated rings. The van der Waals surface area contributed by atoms with Crippen molar-refractivity contribution in [2.45, 2.75) is 25.7 Å². The highest BCUT2D eigenvalue weighted by molar-refractivity contribution is 5.71. The molecule has 6 rings (SSSR count). The molecule has 2 aliphatic heterocycles. The molecule has 0 spiro atoms. The van der Waals surface area contributed by atoms with Crippen LogP contribution in [0.5, 0.6) is 11.8 Å². The molecule has 2 saturated heterocycles. The van der Waals surface area contributed by atoms with E-state index in [9.17, 15) is 4.79 Å². The Morgan fingerprint density at radius 2 is 1.52 bits per heavy atom. The number of rotatable bonds is 10. The highest BCUT2D eigenvalue weighted by Gasteiger charge is 2.32. The summed E-state index contributed by atoms with van der Waals surface area (Å²) in [6.45, 7) is 4.91. The third-order valence-corrected chi connectivity index (χ3v) is 8.05. The van der Waals surface area contributed by atoms with Crippen LogP contribution in [0.1, 0.15) is 17.5 Å². The zero-order chi connectivity index (χ0) is 30.3. The van der Waals surface area contributed by atoms with Crippen LogP contribution in [0.15, 0.2) is 91.0 Å². The highest BCUT2D eigenvalue weighted by Crippen LogP contribution is 2.35. The van der Waals surface area contributed by atoms with Gasteiger partial charge >= 0.3 is 6.09 Å². The van der Waals surface area contributed by atoms with E-state index in [4.69, 9.17) is 20.0 Å². The summed E-state index contributed by atoms with van der Waals surface area (Å²) >= 11 is 0. The Morgan fingerprint density at radius 1 is 0.841 bits per heavy atom. The lowest BCUT2D eigenvalue weighted by Crippen LogP contribution is -2.51. The summed E-state index contributed by atoms with van der Waals surface area (Å²) in [6.07, 6.45) is 0.145. The number of aromatic nitrogens is 1. The van der Waals surface area contributed by atoms with Crippen LogP contribution in [0.3, 0.4) is 0 Å². The number of pyridine rings is 1. The maximum Gasteiger partial charge on any atom is 0.423 e. The zero-order valence-corrected chi connectivity index (χ0v) is 24.5. The quantitative estimate of drug-likeness (QED) is 0.265. The SMILES string of the molecule is NC(=O)ON1CCN(C2CCN(c3ccc(-c4ccc(OCc5ccccc5)nc4OCc4ccccc4)cc3F)C2)CC1. The lowest BCUT2D eigenvalue weighted by atomic mass is 10.1. The van der Waals surface area contributed by atoms with E-state index in [1.807, 2.05) is 78.9 Å². The molecule has 2 N–H and O–H groups in total. The predicted octanol–water partition coefficient (Wildman–Crippen LogP) is 5.25. The summed E-state index contributed by atoms with van der Waals surface area (Å²) in [5.74, 6) is 0.524. The molecule has 1 unspecified atom stereocenters. The van der Waals surface area contributed by atoms with Crippen molar-refractivity contribution in [1.82, 2.24) is 14.9 Å². The van der Waals surface area contributed by atoms with Crippen LogP contribution >= 0.6 is 0 Å². The number of piperazine rings is 1. The fourth-order valence-electron chi connectivity index (χ4n) is 5.77. The number of nitrogens with two attached hydrogens (primary N) is 1. The van der Waals surface area contributed by atoms with Crippen LogP contribution in [0.2, 0.25) is 0 Å². The number of halogens is 1. The number of nitrogens with zero attached hydrogens (tertiary/aromatic N) is 4. The van der Waals surface area contributed by atoms with Crippen molar-refractivity contribution < 1.29 is 23.5 Å². The summed E-state index contributed by atoms with van der Waals surface area (Å²) in [4.78, 5) is 25.2. The van der Waals surface area contributed by atoms with E-state index in [0.29, 0.717) is 60.9 Å². The molecular weight excluding hydrogens is 561 g/mol. The summed E-state index contributed by atoms with van der Waals surface area (Å²) in [7, 11) is 0. The van der Waals surface area contributed by atoms with Gasteiger partial charge in [-0.3, -0.25) is 4.90 Å². The Hall–Kier alpha value is -4.67. The van der Waals surface area contributed by atoms with Gasteiger partial charge in [0.05, 0.1) is 5.69 Å². The first-order valence-corrected chi connectivity index (χ1v) is 14.9. The molecule has 10 heteroatoms. The van der Waals surface area contributed by atoms with Gasteiger partial charge in [-0.25, -0.2) is 9.18 Å². The molecule has 1 atom stereocenters. The summed E-state index contributed by atoms with van der Waals surface area (Å²) in [5.41, 5.74) is 9.12. The van der Waals surface area contributed by atoms with Crippen molar-refractivity contribution in [3.63, 3.8) is 0 Å². The van der Waals surface area contributed by atoms with E-state index >= 15 is 4.39 Å². The average molecular weight is 598 g/mol. The lowest BCUT2D eigenvalue weighted by Gasteiger charge is -2.36. The molecule has 0 radical (unpaired) electrons. The number of carbonyl (C=O) groups is 1. The first kappa shape index (κ1) is 29.4. The van der Waals surface area contributed by atoms with Gasteiger partial charge in [-0.1, -0.05) is 66.7 Å². The van der Waals surface area contributed by atoms with E-state index in [2.05, 4.69) is 14.8 Å². The van der Waals surface area contributed by atoms with Gasteiger partial charge in [0.15, 0.2) is 0 Å². The second kappa shape index (κ2) is 13.7. The lowest BCUT2D eigenvalue weighted by molar-refractivity contribution is -0.123. The monoisotopic (exact) mass is 597 g/mol. The molecule has 0 aliphatic carbocycles. The number of amides is 1. The Balaban J connectivity index is 1.16. The summed E-state index contributed by atoms with van der Waals surface area (Å²) < 4.78 is 27.8. The second-order valence-electron chi connectivity index (χ2n) is 11.0. The van der Waals surface area contributed by atoms with Crippen molar-refractivity contribution >= 4 is 11.8 Å². The molecule has 0 bridgehead atoms. The van der Waals surface area contributed by atoms with Crippen molar-refractivity contribution in [3.05, 3.63) is 108 Å². The minimum absolute atomic E-state index is 0.291. The fourth-order valence-corrected chi connectivity index (χ4v) is 5.77. The first-order chi connectivity index (χ1) is 21.5. The van der Waals surface area contributed by atoms with E-state index in [1.54, 1.807) is 17.2 Å². The van der Waals surface area contributed by atoms with E-state index in [-0.39, 0.29) is 5.82 Å². The predicted molar refractivity (Wildman–Crippen MR) is 166 cm³/mol. The van der Waals surface area contributed by atoms with Crippen LogP contribution in [0, 0.1) is 5.82 Å². The largest absolute Gasteiger partial charge is 0.473 e. The smallest absolute Gasteiger partial charge is 0.423 e. The normalized spacial score (nSPS) is 17.4. The number of hydrogen-bond donors (Lipinski definition) is 1. The molecule has 228 valence electrons. The maximum atomic E-state index is 15.7. The van der Waals surface area contributed by atoms with E-state index < -0.39 is 6.09 Å². The minimum atomic E-state index is -0.789. The van der Waals surface area contributed by atoms with Gasteiger partial charge in [0, 0.05) is 56.9 Å². The topological polar surface area (TPSA) is 93.4 Å². The molecule has 9 nitrogen and oxygen atoms in total. The Kier molecular flexibility index (Phi) is 9.19. The van der Waals surface area contributed by atoms with Crippen LogP contribution < -0.4 is 20.1 Å². The average Bonchev–Trinajstić information content (AvgIpc) is 3.54. The Morgan fingerprint density at radius 3 is 2.18 bits per heavy atom. The molecule has 44 heavy (non-hydrogen) atoms. The minimum Gasteiger partial charge on any atom is -0.473 e. The molecule has 3 heterocycles. The van der Waals surface area contributed by atoms with Gasteiger partial charge in [0.1, 0.15) is 19.0 Å². The van der Waals surface area contributed by atoms with Gasteiger partial charge in [0.2, 0.25) is 11.8 Å². The van der Waals surface area contributed by atoms with E-state index in [0.717, 1.165) is 43.7 Å². The van der Waals surface area contributed by atoms with Gasteiger partial charge in [-0.05, 0) is 41.3 Å². The van der Waals surface area contributed by atoms with Gasteiger partial charge < -0.3 is 24.9 Å². The Labute approximate surface area is 256 Å². The van der Waals surface area contributed by atoms with Crippen LogP contribution in [0.4, 0.5) is 14.9 Å². The number of anilines is 1. The van der Waals surface area contributed by atoms with Gasteiger partial charge in [-0.2, -0.15) is 4.98 Å². The van der Waals surface area contributed by atoms with Crippen LogP contribution in [-0.4, -0.2) is 66.4 Å². The molecule has 0 saturated carbocycles.